The highest BCUT2D eigenvalue weighted by atomic mass is 35.5. The third kappa shape index (κ3) is 4.23. The summed E-state index contributed by atoms with van der Waals surface area (Å²) in [5, 5.41) is 8.48. The van der Waals surface area contributed by atoms with Crippen molar-refractivity contribution in [3.05, 3.63) is 82.0 Å². The van der Waals surface area contributed by atoms with E-state index in [9.17, 15) is 9.59 Å². The highest BCUT2D eigenvalue weighted by Gasteiger charge is 2.23. The van der Waals surface area contributed by atoms with Crippen LogP contribution in [0.2, 0.25) is 10.0 Å². The van der Waals surface area contributed by atoms with E-state index >= 15 is 0 Å². The molecule has 9 heteroatoms. The molecule has 0 spiro atoms. The van der Waals surface area contributed by atoms with Crippen molar-refractivity contribution in [2.45, 2.75) is 6.92 Å². The van der Waals surface area contributed by atoms with E-state index in [0.717, 1.165) is 10.9 Å². The molecular weight excluding hydrogens is 439 g/mol. The lowest BCUT2D eigenvalue weighted by atomic mass is 10.2. The van der Waals surface area contributed by atoms with Crippen LogP contribution in [0.3, 0.4) is 0 Å². The number of pyridine rings is 1. The molecule has 1 amide bonds. The monoisotopic (exact) mass is 454 g/mol. The van der Waals surface area contributed by atoms with Gasteiger partial charge in [0.2, 0.25) is 0 Å². The standard InChI is InChI=1S/C22H16Cl2N4O3/c1-2-31-22(30)16-12-25-28(19-10-7-13-5-3-4-6-18(13)26-19)20(16)27-21(29)15-11-14(23)8-9-17(15)24/h3-12H,2H2,1H3,(H,27,29). The summed E-state index contributed by atoms with van der Waals surface area (Å²) in [6.07, 6.45) is 1.32. The van der Waals surface area contributed by atoms with Gasteiger partial charge < -0.3 is 10.1 Å². The Hall–Kier alpha value is -3.42. The number of nitrogens with zero attached hydrogens (tertiary/aromatic N) is 3. The van der Waals surface area contributed by atoms with Crippen LogP contribution < -0.4 is 5.32 Å². The largest absolute Gasteiger partial charge is 0.462 e. The number of esters is 1. The lowest BCUT2D eigenvalue weighted by molar-refractivity contribution is 0.0527. The van der Waals surface area contributed by atoms with Gasteiger partial charge >= 0.3 is 5.97 Å². The number of carbonyl (C=O) groups is 2. The third-order valence-electron chi connectivity index (χ3n) is 4.47. The Balaban J connectivity index is 1.80. The summed E-state index contributed by atoms with van der Waals surface area (Å²) in [6, 6.07) is 15.7. The number of hydrogen-bond acceptors (Lipinski definition) is 5. The van der Waals surface area contributed by atoms with Crippen LogP contribution in [0, 0.1) is 0 Å². The molecule has 0 atom stereocenters. The van der Waals surface area contributed by atoms with E-state index in [1.807, 2.05) is 30.3 Å². The fourth-order valence-electron chi connectivity index (χ4n) is 3.02. The van der Waals surface area contributed by atoms with Crippen LogP contribution >= 0.6 is 23.2 Å². The van der Waals surface area contributed by atoms with Gasteiger partial charge in [0.1, 0.15) is 5.56 Å². The van der Waals surface area contributed by atoms with Crippen molar-refractivity contribution in [2.24, 2.45) is 0 Å². The van der Waals surface area contributed by atoms with Crippen LogP contribution in [0.1, 0.15) is 27.6 Å². The Labute approximate surface area is 187 Å². The molecular formula is C22H16Cl2N4O3. The van der Waals surface area contributed by atoms with Crippen molar-refractivity contribution in [3.8, 4) is 5.82 Å². The number of ether oxygens (including phenoxy) is 1. The zero-order valence-corrected chi connectivity index (χ0v) is 17.8. The number of fused-ring (bicyclic) bond motifs is 1. The normalized spacial score (nSPS) is 10.8. The molecule has 4 aromatic rings. The van der Waals surface area contributed by atoms with Gasteiger partial charge in [0.25, 0.3) is 5.91 Å². The van der Waals surface area contributed by atoms with Gasteiger partial charge in [0, 0.05) is 10.4 Å². The first-order valence-corrected chi connectivity index (χ1v) is 10.1. The number of anilines is 1. The Kier molecular flexibility index (Phi) is 5.88. The number of halogens is 2. The highest BCUT2D eigenvalue weighted by Crippen LogP contribution is 2.25. The van der Waals surface area contributed by atoms with Crippen molar-refractivity contribution in [3.63, 3.8) is 0 Å². The predicted octanol–water partition coefficient (Wildman–Crippen LogP) is 5.16. The average molecular weight is 455 g/mol. The predicted molar refractivity (Wildman–Crippen MR) is 119 cm³/mol. The second-order valence-corrected chi connectivity index (χ2v) is 7.32. The second kappa shape index (κ2) is 8.75. The molecule has 4 rings (SSSR count). The van der Waals surface area contributed by atoms with Gasteiger partial charge in [-0.25, -0.2) is 9.78 Å². The number of aromatic nitrogens is 3. The Morgan fingerprint density at radius 3 is 2.68 bits per heavy atom. The molecule has 0 saturated heterocycles. The van der Waals surface area contributed by atoms with Crippen LogP contribution in [0.25, 0.3) is 16.7 Å². The number of carbonyl (C=O) groups excluding carboxylic acids is 2. The number of rotatable bonds is 5. The first-order chi connectivity index (χ1) is 15.0. The van der Waals surface area contributed by atoms with E-state index in [4.69, 9.17) is 27.9 Å². The summed E-state index contributed by atoms with van der Waals surface area (Å²) < 4.78 is 6.48. The lowest BCUT2D eigenvalue weighted by Crippen LogP contribution is -2.18. The molecule has 0 bridgehead atoms. The molecule has 0 unspecified atom stereocenters. The van der Waals surface area contributed by atoms with Crippen LogP contribution in [-0.2, 0) is 4.74 Å². The van der Waals surface area contributed by atoms with Crippen LogP contribution in [0.5, 0.6) is 0 Å². The first kappa shape index (κ1) is 20.8. The van der Waals surface area contributed by atoms with E-state index in [2.05, 4.69) is 15.4 Å². The summed E-state index contributed by atoms with van der Waals surface area (Å²) in [5.74, 6) is -0.647. The van der Waals surface area contributed by atoms with Crippen molar-refractivity contribution in [2.75, 3.05) is 11.9 Å². The smallest absolute Gasteiger partial charge is 0.343 e. The summed E-state index contributed by atoms with van der Waals surface area (Å²) in [6.45, 7) is 1.86. The molecule has 2 aromatic heterocycles. The fraction of sp³-hybridized carbons (Fsp3) is 0.0909. The minimum absolute atomic E-state index is 0.0864. The average Bonchev–Trinajstić information content (AvgIpc) is 3.18. The van der Waals surface area contributed by atoms with Crippen LogP contribution in [-0.4, -0.2) is 33.2 Å². The van der Waals surface area contributed by atoms with E-state index in [1.54, 1.807) is 19.1 Å². The molecule has 0 fully saturated rings. The Morgan fingerprint density at radius 2 is 1.87 bits per heavy atom. The highest BCUT2D eigenvalue weighted by molar-refractivity contribution is 6.36. The summed E-state index contributed by atoms with van der Waals surface area (Å²) >= 11 is 12.2. The lowest BCUT2D eigenvalue weighted by Gasteiger charge is -2.12. The maximum absolute atomic E-state index is 12.9. The number of amides is 1. The third-order valence-corrected chi connectivity index (χ3v) is 5.03. The van der Waals surface area contributed by atoms with E-state index in [1.165, 1.54) is 23.0 Å². The topological polar surface area (TPSA) is 86.1 Å². The van der Waals surface area contributed by atoms with Crippen molar-refractivity contribution < 1.29 is 14.3 Å². The molecule has 31 heavy (non-hydrogen) atoms. The number of benzene rings is 2. The molecule has 156 valence electrons. The molecule has 0 saturated carbocycles. The van der Waals surface area contributed by atoms with E-state index < -0.39 is 11.9 Å². The minimum atomic E-state index is -0.623. The van der Waals surface area contributed by atoms with Crippen molar-refractivity contribution >= 4 is 51.8 Å². The van der Waals surface area contributed by atoms with Crippen molar-refractivity contribution in [1.82, 2.24) is 14.8 Å². The molecule has 2 heterocycles. The van der Waals surface area contributed by atoms with Gasteiger partial charge in [-0.1, -0.05) is 41.4 Å². The van der Waals surface area contributed by atoms with Gasteiger partial charge in [0.15, 0.2) is 11.6 Å². The van der Waals surface area contributed by atoms with Crippen molar-refractivity contribution in [1.29, 1.82) is 0 Å². The van der Waals surface area contributed by atoms with Gasteiger partial charge in [-0.2, -0.15) is 9.78 Å². The van der Waals surface area contributed by atoms with E-state index in [-0.39, 0.29) is 28.6 Å². The maximum Gasteiger partial charge on any atom is 0.343 e. The summed E-state index contributed by atoms with van der Waals surface area (Å²) in [7, 11) is 0. The molecule has 2 aromatic carbocycles. The van der Waals surface area contributed by atoms with Gasteiger partial charge in [-0.05, 0) is 43.3 Å². The molecule has 0 aliphatic heterocycles. The van der Waals surface area contributed by atoms with Gasteiger partial charge in [-0.15, -0.1) is 0 Å². The SMILES string of the molecule is CCOC(=O)c1cnn(-c2ccc3ccccc3n2)c1NC(=O)c1cc(Cl)ccc1Cl. The number of para-hydroxylation sites is 1. The van der Waals surface area contributed by atoms with E-state index in [0.29, 0.717) is 10.8 Å². The molecule has 0 aliphatic rings. The second-order valence-electron chi connectivity index (χ2n) is 6.48. The molecule has 0 radical (unpaired) electrons. The Bertz CT molecular complexity index is 1300. The number of hydrogen-bond donors (Lipinski definition) is 1. The zero-order chi connectivity index (χ0) is 22.0. The molecule has 0 aliphatic carbocycles. The summed E-state index contributed by atoms with van der Waals surface area (Å²) in [5.41, 5.74) is 0.981. The van der Waals surface area contributed by atoms with Gasteiger partial charge in [-0.3, -0.25) is 4.79 Å². The van der Waals surface area contributed by atoms with Crippen LogP contribution in [0.15, 0.2) is 60.8 Å². The van der Waals surface area contributed by atoms with Gasteiger partial charge in [0.05, 0.1) is 28.9 Å². The Morgan fingerprint density at radius 1 is 1.06 bits per heavy atom. The fourth-order valence-corrected chi connectivity index (χ4v) is 3.40. The zero-order valence-electron chi connectivity index (χ0n) is 16.3. The summed E-state index contributed by atoms with van der Waals surface area (Å²) in [4.78, 5) is 30.0. The maximum atomic E-state index is 12.9. The molecule has 7 nitrogen and oxygen atoms in total. The first-order valence-electron chi connectivity index (χ1n) is 9.35. The van der Waals surface area contributed by atoms with Crippen LogP contribution in [0.4, 0.5) is 5.82 Å². The molecule has 1 N–H and O–H groups in total. The quantitative estimate of drug-likeness (QED) is 0.421. The minimum Gasteiger partial charge on any atom is -0.462 e. The number of nitrogens with one attached hydrogen (secondary N) is 1.